The van der Waals surface area contributed by atoms with Gasteiger partial charge in [-0.25, -0.2) is 0 Å². The molecule has 2 amide bonds. The average molecular weight is 572 g/mol. The second-order valence-corrected chi connectivity index (χ2v) is 9.79. The summed E-state index contributed by atoms with van der Waals surface area (Å²) in [7, 11) is 0. The molecule has 0 spiro atoms. The van der Waals surface area contributed by atoms with E-state index < -0.39 is 24.4 Å². The van der Waals surface area contributed by atoms with E-state index in [4.69, 9.17) is 21.1 Å². The lowest BCUT2D eigenvalue weighted by molar-refractivity contribution is -0.151. The Labute approximate surface area is 222 Å². The Balaban J connectivity index is 1.30. The molecule has 0 aromatic heterocycles. The summed E-state index contributed by atoms with van der Waals surface area (Å²) in [6.07, 6.45) is 0.0175. The Hall–Kier alpha value is -3.36. The number of esters is 1. The monoisotopic (exact) mass is 570 g/mol. The highest BCUT2D eigenvalue weighted by Crippen LogP contribution is 2.30. The molecule has 0 saturated carbocycles. The molecule has 1 aliphatic heterocycles. The molecule has 0 bridgehead atoms. The van der Waals surface area contributed by atoms with E-state index in [1.54, 1.807) is 42.5 Å². The van der Waals surface area contributed by atoms with Crippen LogP contribution in [0.2, 0.25) is 5.02 Å². The van der Waals surface area contributed by atoms with Gasteiger partial charge in [-0.15, -0.1) is 0 Å². The van der Waals surface area contributed by atoms with Crippen molar-refractivity contribution < 1.29 is 23.9 Å². The number of hydrogen-bond acceptors (Lipinski definition) is 5. The zero-order valence-corrected chi connectivity index (χ0v) is 22.1. The van der Waals surface area contributed by atoms with Gasteiger partial charge in [0, 0.05) is 28.8 Å². The van der Waals surface area contributed by atoms with Gasteiger partial charge in [0.1, 0.15) is 11.5 Å². The van der Waals surface area contributed by atoms with E-state index in [0.717, 1.165) is 11.3 Å². The van der Waals surface area contributed by atoms with Crippen LogP contribution in [0.1, 0.15) is 17.5 Å². The first-order valence-corrected chi connectivity index (χ1v) is 12.4. The van der Waals surface area contributed by atoms with Gasteiger partial charge < -0.3 is 19.7 Å². The number of hydrogen-bond donors (Lipinski definition) is 1. The number of aryl methyl sites for hydroxylation is 2. The maximum absolute atomic E-state index is 12.6. The molecule has 3 aromatic carbocycles. The summed E-state index contributed by atoms with van der Waals surface area (Å²) < 4.78 is 11.8. The fourth-order valence-electron chi connectivity index (χ4n) is 3.75. The van der Waals surface area contributed by atoms with Crippen LogP contribution < -0.4 is 15.0 Å². The Bertz CT molecular complexity index is 1310. The maximum Gasteiger partial charge on any atom is 0.311 e. The van der Waals surface area contributed by atoms with Gasteiger partial charge in [0.15, 0.2) is 6.61 Å². The molecule has 0 aliphatic carbocycles. The summed E-state index contributed by atoms with van der Waals surface area (Å²) in [4.78, 5) is 38.7. The van der Waals surface area contributed by atoms with Crippen LogP contribution >= 0.6 is 27.5 Å². The van der Waals surface area contributed by atoms with Crippen molar-refractivity contribution in [3.63, 3.8) is 0 Å². The summed E-state index contributed by atoms with van der Waals surface area (Å²) >= 11 is 9.30. The summed E-state index contributed by atoms with van der Waals surface area (Å²) in [5.41, 5.74) is 3.47. The molecule has 0 radical (unpaired) electrons. The van der Waals surface area contributed by atoms with E-state index in [1.165, 1.54) is 10.5 Å². The molecular formula is C27H24BrClN2O5. The third-order valence-corrected chi connectivity index (χ3v) is 7.10. The standard InChI is InChI=1S/C27H24BrClN2O5/c1-16-3-7-22(11-17(16)2)36-21-8-5-20(6-9-21)31-14-18(12-26(31)33)27(34)35-15-25(32)30-19-4-10-23(28)24(29)13-19/h3-11,13,18H,12,14-15H2,1-2H3,(H,30,32)/t18-/m0/s1. The molecular weight excluding hydrogens is 548 g/mol. The first-order chi connectivity index (χ1) is 17.2. The van der Waals surface area contributed by atoms with E-state index in [1.807, 2.05) is 32.0 Å². The number of carbonyl (C=O) groups excluding carboxylic acids is 3. The number of ether oxygens (including phenoxy) is 2. The van der Waals surface area contributed by atoms with Gasteiger partial charge >= 0.3 is 5.97 Å². The number of amides is 2. The molecule has 3 aromatic rings. The van der Waals surface area contributed by atoms with Crippen LogP contribution in [-0.4, -0.2) is 30.9 Å². The average Bonchev–Trinajstić information content (AvgIpc) is 3.24. The van der Waals surface area contributed by atoms with Crippen LogP contribution in [0.3, 0.4) is 0 Å². The van der Waals surface area contributed by atoms with Crippen LogP contribution in [0, 0.1) is 19.8 Å². The zero-order chi connectivity index (χ0) is 25.8. The fraction of sp³-hybridized carbons (Fsp3) is 0.222. The molecule has 7 nitrogen and oxygen atoms in total. The van der Waals surface area contributed by atoms with Crippen molar-refractivity contribution >= 4 is 56.7 Å². The van der Waals surface area contributed by atoms with Crippen molar-refractivity contribution in [1.29, 1.82) is 0 Å². The number of rotatable bonds is 7. The zero-order valence-electron chi connectivity index (χ0n) is 19.7. The van der Waals surface area contributed by atoms with Crippen LogP contribution in [0.5, 0.6) is 11.5 Å². The second-order valence-electron chi connectivity index (χ2n) is 8.53. The normalized spacial score (nSPS) is 15.1. The van der Waals surface area contributed by atoms with Crippen LogP contribution in [-0.2, 0) is 19.1 Å². The van der Waals surface area contributed by atoms with E-state index >= 15 is 0 Å². The maximum atomic E-state index is 12.6. The molecule has 1 saturated heterocycles. The molecule has 9 heteroatoms. The van der Waals surface area contributed by atoms with Crippen LogP contribution in [0.15, 0.2) is 65.1 Å². The van der Waals surface area contributed by atoms with E-state index in [9.17, 15) is 14.4 Å². The Morgan fingerprint density at radius 2 is 1.75 bits per heavy atom. The quantitative estimate of drug-likeness (QED) is 0.349. The number of anilines is 2. The van der Waals surface area contributed by atoms with Crippen molar-refractivity contribution in [3.05, 3.63) is 81.3 Å². The van der Waals surface area contributed by atoms with Gasteiger partial charge in [0.25, 0.3) is 5.91 Å². The van der Waals surface area contributed by atoms with Gasteiger partial charge in [-0.1, -0.05) is 17.7 Å². The summed E-state index contributed by atoms with van der Waals surface area (Å²) in [6.45, 7) is 3.79. The van der Waals surface area contributed by atoms with Crippen molar-refractivity contribution in [1.82, 2.24) is 0 Å². The highest BCUT2D eigenvalue weighted by molar-refractivity contribution is 9.10. The van der Waals surface area contributed by atoms with Gasteiger partial charge in [-0.05, 0) is 95.5 Å². The van der Waals surface area contributed by atoms with Gasteiger partial charge in [0.05, 0.1) is 10.9 Å². The predicted octanol–water partition coefficient (Wildman–Crippen LogP) is 6.05. The van der Waals surface area contributed by atoms with Crippen molar-refractivity contribution in [2.75, 3.05) is 23.4 Å². The lowest BCUT2D eigenvalue weighted by Crippen LogP contribution is -2.28. The van der Waals surface area contributed by atoms with E-state index in [0.29, 0.717) is 26.6 Å². The number of benzene rings is 3. The fourth-order valence-corrected chi connectivity index (χ4v) is 4.18. The molecule has 1 N–H and O–H groups in total. The van der Waals surface area contributed by atoms with E-state index in [-0.39, 0.29) is 18.9 Å². The molecule has 36 heavy (non-hydrogen) atoms. The number of nitrogens with one attached hydrogen (secondary N) is 1. The Kier molecular flexibility index (Phi) is 7.96. The van der Waals surface area contributed by atoms with Crippen molar-refractivity contribution in [3.8, 4) is 11.5 Å². The predicted molar refractivity (Wildman–Crippen MR) is 142 cm³/mol. The first-order valence-electron chi connectivity index (χ1n) is 11.3. The molecule has 4 rings (SSSR count). The van der Waals surface area contributed by atoms with Gasteiger partial charge in [0.2, 0.25) is 5.91 Å². The molecule has 1 aliphatic rings. The van der Waals surface area contributed by atoms with Gasteiger partial charge in [-0.2, -0.15) is 0 Å². The molecule has 0 unspecified atom stereocenters. The van der Waals surface area contributed by atoms with Crippen LogP contribution in [0.4, 0.5) is 11.4 Å². The number of nitrogens with zero attached hydrogens (tertiary/aromatic N) is 1. The Morgan fingerprint density at radius 1 is 1.03 bits per heavy atom. The highest BCUT2D eigenvalue weighted by atomic mass is 79.9. The van der Waals surface area contributed by atoms with Crippen LogP contribution in [0.25, 0.3) is 0 Å². The van der Waals surface area contributed by atoms with Crippen molar-refractivity contribution in [2.24, 2.45) is 5.92 Å². The third-order valence-electron chi connectivity index (χ3n) is 5.87. The lowest BCUT2D eigenvalue weighted by atomic mass is 10.1. The van der Waals surface area contributed by atoms with E-state index in [2.05, 4.69) is 21.2 Å². The van der Waals surface area contributed by atoms with Crippen molar-refractivity contribution in [2.45, 2.75) is 20.3 Å². The lowest BCUT2D eigenvalue weighted by Gasteiger charge is -2.17. The topological polar surface area (TPSA) is 84.9 Å². The minimum Gasteiger partial charge on any atom is -0.457 e. The Morgan fingerprint density at radius 3 is 2.44 bits per heavy atom. The van der Waals surface area contributed by atoms with Gasteiger partial charge in [-0.3, -0.25) is 14.4 Å². The SMILES string of the molecule is Cc1ccc(Oc2ccc(N3C[C@@H](C(=O)OCC(=O)Nc4ccc(Br)c(Cl)c4)CC3=O)cc2)cc1C. The molecule has 1 fully saturated rings. The molecule has 1 atom stereocenters. The molecule has 186 valence electrons. The summed E-state index contributed by atoms with van der Waals surface area (Å²) in [5, 5.41) is 3.06. The number of carbonyl (C=O) groups is 3. The smallest absolute Gasteiger partial charge is 0.311 e. The third kappa shape index (κ3) is 6.25. The largest absolute Gasteiger partial charge is 0.457 e. The highest BCUT2D eigenvalue weighted by Gasteiger charge is 2.36. The molecule has 1 heterocycles. The second kappa shape index (κ2) is 11.1. The first kappa shape index (κ1) is 25.7. The summed E-state index contributed by atoms with van der Waals surface area (Å²) in [6, 6.07) is 17.9. The minimum absolute atomic E-state index is 0.0175. The number of halogens is 2. The summed E-state index contributed by atoms with van der Waals surface area (Å²) in [5.74, 6) is -0.555. The minimum atomic E-state index is -0.654.